The van der Waals surface area contributed by atoms with E-state index in [1.807, 2.05) is 0 Å². The maximum Gasteiger partial charge on any atom is 0.309 e. The van der Waals surface area contributed by atoms with E-state index in [-0.39, 0.29) is 23.9 Å². The maximum absolute atomic E-state index is 12.3. The summed E-state index contributed by atoms with van der Waals surface area (Å²) in [6, 6.07) is 0. The Hall–Kier alpha value is -1.06. The summed E-state index contributed by atoms with van der Waals surface area (Å²) < 4.78 is 5.72. The molecule has 0 atom stereocenters. The molecule has 1 saturated carbocycles. The molecule has 1 aliphatic rings. The Balaban J connectivity index is 2.48. The quantitative estimate of drug-likeness (QED) is 0.724. The van der Waals surface area contributed by atoms with Gasteiger partial charge in [0.1, 0.15) is 6.10 Å². The van der Waals surface area contributed by atoms with Crippen LogP contribution in [0.3, 0.4) is 0 Å². The van der Waals surface area contributed by atoms with Gasteiger partial charge in [0.25, 0.3) is 0 Å². The number of esters is 1. The fraction of sp³-hybridized carbons (Fsp3) is 0.882. The number of hydrogen-bond donors (Lipinski definition) is 1. The van der Waals surface area contributed by atoms with Crippen molar-refractivity contribution in [2.45, 2.75) is 72.3 Å². The van der Waals surface area contributed by atoms with Crippen LogP contribution in [0.4, 0.5) is 0 Å². The van der Waals surface area contributed by atoms with Gasteiger partial charge in [-0.15, -0.1) is 0 Å². The summed E-state index contributed by atoms with van der Waals surface area (Å²) in [7, 11) is 0. The first kappa shape index (κ1) is 18.0. The van der Waals surface area contributed by atoms with E-state index in [1.165, 1.54) is 0 Å². The molecule has 0 aliphatic heterocycles. The van der Waals surface area contributed by atoms with E-state index >= 15 is 0 Å². The van der Waals surface area contributed by atoms with Gasteiger partial charge in [-0.05, 0) is 50.4 Å². The summed E-state index contributed by atoms with van der Waals surface area (Å²) in [6.45, 7) is 8.55. The number of hydrogen-bond acceptors (Lipinski definition) is 3. The minimum absolute atomic E-state index is 0.00491. The first-order valence-corrected chi connectivity index (χ1v) is 8.22. The van der Waals surface area contributed by atoms with Gasteiger partial charge in [0, 0.05) is 0 Å². The predicted octanol–water partition coefficient (Wildman–Crippen LogP) is 3.88. The molecular formula is C17H30O4. The van der Waals surface area contributed by atoms with Gasteiger partial charge in [0.05, 0.1) is 11.8 Å². The largest absolute Gasteiger partial charge is 0.481 e. The number of ether oxygens (including phenoxy) is 1. The second-order valence-electron chi connectivity index (χ2n) is 7.20. The molecule has 0 unspecified atom stereocenters. The van der Waals surface area contributed by atoms with E-state index in [1.54, 1.807) is 0 Å². The van der Waals surface area contributed by atoms with Crippen LogP contribution in [-0.2, 0) is 14.3 Å². The summed E-state index contributed by atoms with van der Waals surface area (Å²) in [5.41, 5.74) is 0. The third-order valence-corrected chi connectivity index (χ3v) is 4.16. The van der Waals surface area contributed by atoms with Gasteiger partial charge in [-0.25, -0.2) is 0 Å². The van der Waals surface area contributed by atoms with E-state index in [9.17, 15) is 9.59 Å². The summed E-state index contributed by atoms with van der Waals surface area (Å²) >= 11 is 0. The number of carboxylic acid groups (broad SMARTS) is 1. The summed E-state index contributed by atoms with van der Waals surface area (Å²) in [5, 5.41) is 8.99. The zero-order chi connectivity index (χ0) is 16.0. The lowest BCUT2D eigenvalue weighted by Crippen LogP contribution is -2.30. The van der Waals surface area contributed by atoms with Crippen LogP contribution in [0.5, 0.6) is 0 Å². The smallest absolute Gasteiger partial charge is 0.309 e. The molecule has 1 N–H and O–H groups in total. The zero-order valence-electron chi connectivity index (χ0n) is 13.8. The predicted molar refractivity (Wildman–Crippen MR) is 81.9 cm³/mol. The van der Waals surface area contributed by atoms with Crippen molar-refractivity contribution in [3.8, 4) is 0 Å². The Labute approximate surface area is 128 Å². The molecule has 0 amide bonds. The average molecular weight is 298 g/mol. The third kappa shape index (κ3) is 6.49. The van der Waals surface area contributed by atoms with Crippen LogP contribution >= 0.6 is 0 Å². The van der Waals surface area contributed by atoms with Crippen molar-refractivity contribution in [1.29, 1.82) is 0 Å². The molecule has 0 heterocycles. The number of carbonyl (C=O) groups excluding carboxylic acids is 1. The van der Waals surface area contributed by atoms with Crippen molar-refractivity contribution in [3.63, 3.8) is 0 Å². The standard InChI is InChI=1S/C17H30O4/c1-11(2)9-15(10-12(3)4)21-17(20)14-7-5-13(6-8-14)16(18)19/h11-15H,5-10H2,1-4H3,(H,18,19). The van der Waals surface area contributed by atoms with Crippen molar-refractivity contribution in [2.75, 3.05) is 0 Å². The fourth-order valence-corrected chi connectivity index (χ4v) is 3.08. The molecule has 1 fully saturated rings. The third-order valence-electron chi connectivity index (χ3n) is 4.16. The van der Waals surface area contributed by atoms with Gasteiger partial charge in [0.2, 0.25) is 0 Å². The lowest BCUT2D eigenvalue weighted by Gasteiger charge is -2.28. The van der Waals surface area contributed by atoms with Crippen LogP contribution in [-0.4, -0.2) is 23.1 Å². The minimum Gasteiger partial charge on any atom is -0.481 e. The monoisotopic (exact) mass is 298 g/mol. The van der Waals surface area contributed by atoms with Crippen molar-refractivity contribution in [2.24, 2.45) is 23.7 Å². The highest BCUT2D eigenvalue weighted by molar-refractivity contribution is 5.74. The van der Waals surface area contributed by atoms with Gasteiger partial charge in [-0.3, -0.25) is 9.59 Å². The Morgan fingerprint density at radius 2 is 1.38 bits per heavy atom. The fourth-order valence-electron chi connectivity index (χ4n) is 3.08. The number of carboxylic acids is 1. The molecule has 21 heavy (non-hydrogen) atoms. The number of carbonyl (C=O) groups is 2. The van der Waals surface area contributed by atoms with Crippen molar-refractivity contribution < 1.29 is 19.4 Å². The summed E-state index contributed by atoms with van der Waals surface area (Å²) in [4.78, 5) is 23.2. The van der Waals surface area contributed by atoms with Crippen LogP contribution in [0.15, 0.2) is 0 Å². The lowest BCUT2D eigenvalue weighted by molar-refractivity contribution is -0.158. The first-order chi connectivity index (χ1) is 9.79. The normalized spacial score (nSPS) is 22.8. The lowest BCUT2D eigenvalue weighted by atomic mass is 9.82. The summed E-state index contributed by atoms with van der Waals surface area (Å²) in [6.07, 6.45) is 4.26. The Bertz CT molecular complexity index is 331. The zero-order valence-corrected chi connectivity index (χ0v) is 13.8. The average Bonchev–Trinajstić information content (AvgIpc) is 2.37. The molecule has 0 aromatic carbocycles. The number of aliphatic carboxylic acids is 1. The van der Waals surface area contributed by atoms with Gasteiger partial charge in [0.15, 0.2) is 0 Å². The molecule has 0 spiro atoms. The first-order valence-electron chi connectivity index (χ1n) is 8.22. The van der Waals surface area contributed by atoms with E-state index < -0.39 is 5.97 Å². The van der Waals surface area contributed by atoms with Gasteiger partial charge in [-0.2, -0.15) is 0 Å². The Morgan fingerprint density at radius 1 is 0.952 bits per heavy atom. The van der Waals surface area contributed by atoms with Crippen LogP contribution in [0.2, 0.25) is 0 Å². The van der Waals surface area contributed by atoms with Gasteiger partial charge in [-0.1, -0.05) is 27.7 Å². The highest BCUT2D eigenvalue weighted by Gasteiger charge is 2.31. The molecule has 0 saturated heterocycles. The van der Waals surface area contributed by atoms with Crippen molar-refractivity contribution in [1.82, 2.24) is 0 Å². The molecule has 0 bridgehead atoms. The molecule has 1 rings (SSSR count). The van der Waals surface area contributed by atoms with E-state index in [2.05, 4.69) is 27.7 Å². The van der Waals surface area contributed by atoms with Crippen molar-refractivity contribution >= 4 is 11.9 Å². The van der Waals surface area contributed by atoms with Gasteiger partial charge >= 0.3 is 11.9 Å². The molecule has 4 nitrogen and oxygen atoms in total. The minimum atomic E-state index is -0.737. The highest BCUT2D eigenvalue weighted by atomic mass is 16.5. The van der Waals surface area contributed by atoms with Crippen LogP contribution in [0.25, 0.3) is 0 Å². The molecule has 4 heteroatoms. The SMILES string of the molecule is CC(C)CC(CC(C)C)OC(=O)C1CCC(C(=O)O)CC1. The molecule has 0 radical (unpaired) electrons. The second kappa shape index (κ2) is 8.40. The molecule has 0 aromatic rings. The van der Waals surface area contributed by atoms with E-state index in [0.717, 1.165) is 12.8 Å². The number of rotatable bonds is 7. The van der Waals surface area contributed by atoms with E-state index in [4.69, 9.17) is 9.84 Å². The van der Waals surface area contributed by atoms with Crippen LogP contribution < -0.4 is 0 Å². The molecule has 122 valence electrons. The second-order valence-corrected chi connectivity index (χ2v) is 7.20. The molecule has 0 aromatic heterocycles. The Kier molecular flexibility index (Phi) is 7.20. The van der Waals surface area contributed by atoms with Crippen molar-refractivity contribution in [3.05, 3.63) is 0 Å². The van der Waals surface area contributed by atoms with Crippen LogP contribution in [0.1, 0.15) is 66.2 Å². The van der Waals surface area contributed by atoms with Gasteiger partial charge < -0.3 is 9.84 Å². The van der Waals surface area contributed by atoms with E-state index in [0.29, 0.717) is 37.5 Å². The highest BCUT2D eigenvalue weighted by Crippen LogP contribution is 2.30. The van der Waals surface area contributed by atoms with Crippen LogP contribution in [0, 0.1) is 23.7 Å². The maximum atomic E-state index is 12.3. The molecule has 1 aliphatic carbocycles. The topological polar surface area (TPSA) is 63.6 Å². The Morgan fingerprint density at radius 3 is 1.76 bits per heavy atom. The summed E-state index contributed by atoms with van der Waals surface area (Å²) in [5.74, 6) is -0.239. The molecular weight excluding hydrogens is 268 g/mol.